The van der Waals surface area contributed by atoms with E-state index in [0.717, 1.165) is 16.7 Å². The molecule has 1 saturated heterocycles. The molecule has 156 valence electrons. The number of ketones is 1. The van der Waals surface area contributed by atoms with Crippen molar-refractivity contribution < 1.29 is 39.8 Å². The van der Waals surface area contributed by atoms with Crippen LogP contribution in [-0.2, 0) is 15.9 Å². The number of aliphatic hydroxyl groups is 5. The molecule has 1 aliphatic heterocycles. The number of carbonyl (C=O) groups is 1. The summed E-state index contributed by atoms with van der Waals surface area (Å²) in [6.45, 7) is 5.07. The summed E-state index contributed by atoms with van der Waals surface area (Å²) in [4.78, 5) is 12.5. The summed E-state index contributed by atoms with van der Waals surface area (Å²) in [5, 5.41) is 49.2. The molecule has 0 saturated carbocycles. The Morgan fingerprint density at radius 1 is 1.11 bits per heavy atom. The predicted octanol–water partition coefficient (Wildman–Crippen LogP) is -0.472. The van der Waals surface area contributed by atoms with E-state index in [1.54, 1.807) is 6.92 Å². The quantitative estimate of drug-likeness (QED) is 0.451. The highest BCUT2D eigenvalue weighted by Crippen LogP contribution is 2.39. The zero-order chi connectivity index (χ0) is 20.7. The molecule has 0 spiro atoms. The first-order chi connectivity index (χ1) is 13.2. The smallest absolute Gasteiger partial charge is 0.186 e. The maximum Gasteiger partial charge on any atom is 0.186 e. The van der Waals surface area contributed by atoms with Crippen molar-refractivity contribution in [1.82, 2.24) is 0 Å². The molecule has 1 aromatic rings. The van der Waals surface area contributed by atoms with E-state index in [0.29, 0.717) is 17.5 Å². The van der Waals surface area contributed by atoms with Gasteiger partial charge < -0.3 is 35.0 Å². The lowest BCUT2D eigenvalue weighted by Crippen LogP contribution is -2.59. The second-order valence-corrected chi connectivity index (χ2v) is 7.68. The summed E-state index contributed by atoms with van der Waals surface area (Å²) in [6, 6.07) is 1.83. The summed E-state index contributed by atoms with van der Waals surface area (Å²) in [7, 11) is 0. The Labute approximate surface area is 163 Å². The molecule has 7 atom stereocenters. The van der Waals surface area contributed by atoms with Crippen molar-refractivity contribution in [2.45, 2.75) is 64.0 Å². The van der Waals surface area contributed by atoms with Crippen molar-refractivity contribution in [2.24, 2.45) is 5.92 Å². The van der Waals surface area contributed by atoms with Crippen molar-refractivity contribution in [3.8, 4) is 0 Å². The number of aliphatic hydroxyl groups excluding tert-OH is 5. The Hall–Kier alpha value is -1.39. The summed E-state index contributed by atoms with van der Waals surface area (Å²) in [5.41, 5.74) is 3.87. The van der Waals surface area contributed by atoms with Crippen LogP contribution in [-0.4, -0.2) is 75.2 Å². The Kier molecular flexibility index (Phi) is 6.21. The highest BCUT2D eigenvalue weighted by Gasteiger charge is 2.44. The second-order valence-electron chi connectivity index (χ2n) is 7.68. The Morgan fingerprint density at radius 3 is 2.43 bits per heavy atom. The molecule has 0 bridgehead atoms. The van der Waals surface area contributed by atoms with Crippen LogP contribution in [0.1, 0.15) is 45.6 Å². The van der Waals surface area contributed by atoms with Crippen LogP contribution in [0.5, 0.6) is 0 Å². The van der Waals surface area contributed by atoms with E-state index in [4.69, 9.17) is 9.47 Å². The van der Waals surface area contributed by atoms with Gasteiger partial charge in [0.05, 0.1) is 19.3 Å². The number of carbonyl (C=O) groups excluding carboxylic acids is 1. The van der Waals surface area contributed by atoms with Crippen LogP contribution in [0, 0.1) is 19.8 Å². The number of fused-ring (bicyclic) bond motifs is 1. The highest BCUT2D eigenvalue weighted by molar-refractivity contribution is 6.04. The minimum Gasteiger partial charge on any atom is -0.394 e. The lowest BCUT2D eigenvalue weighted by Gasteiger charge is -2.39. The third-order valence-electron chi connectivity index (χ3n) is 5.90. The van der Waals surface area contributed by atoms with Crippen molar-refractivity contribution in [3.05, 3.63) is 33.9 Å². The zero-order valence-corrected chi connectivity index (χ0v) is 16.2. The molecule has 2 unspecified atom stereocenters. The average Bonchev–Trinajstić information content (AvgIpc) is 2.88. The number of Topliss-reactive ketones (excluding diaryl/α,β-unsaturated/α-hetero) is 1. The van der Waals surface area contributed by atoms with Gasteiger partial charge >= 0.3 is 0 Å². The third kappa shape index (κ3) is 3.50. The maximum atomic E-state index is 12.5. The van der Waals surface area contributed by atoms with Gasteiger partial charge in [-0.05, 0) is 42.5 Å². The van der Waals surface area contributed by atoms with Gasteiger partial charge in [-0.25, -0.2) is 0 Å². The van der Waals surface area contributed by atoms with Gasteiger partial charge in [-0.3, -0.25) is 4.79 Å². The second kappa shape index (κ2) is 8.16. The van der Waals surface area contributed by atoms with E-state index >= 15 is 0 Å². The predicted molar refractivity (Wildman–Crippen MR) is 97.8 cm³/mol. The molecule has 1 aromatic carbocycles. The molecule has 0 radical (unpaired) electrons. The number of hydrogen-bond acceptors (Lipinski definition) is 8. The fourth-order valence-electron chi connectivity index (χ4n) is 4.12. The van der Waals surface area contributed by atoms with Crippen LogP contribution >= 0.6 is 0 Å². The number of aryl methyl sites for hydroxylation is 1. The minimum absolute atomic E-state index is 0.0731. The van der Waals surface area contributed by atoms with Gasteiger partial charge in [0.2, 0.25) is 0 Å². The van der Waals surface area contributed by atoms with E-state index in [-0.39, 0.29) is 12.4 Å². The fourth-order valence-corrected chi connectivity index (χ4v) is 4.12. The molecule has 3 rings (SSSR count). The average molecular weight is 396 g/mol. The molecule has 1 fully saturated rings. The molecule has 8 heteroatoms. The SMILES string of the molecule is Cc1cc2c(c(C)c1CCO[C@@H]1O[C@H](CO)[C@@H](O)[C@H](O)[C@H]1O)C(=O)C(C)C2O. The lowest BCUT2D eigenvalue weighted by atomic mass is 9.92. The highest BCUT2D eigenvalue weighted by atomic mass is 16.7. The lowest BCUT2D eigenvalue weighted by molar-refractivity contribution is -0.300. The minimum atomic E-state index is -1.49. The monoisotopic (exact) mass is 396 g/mol. The number of rotatable bonds is 5. The van der Waals surface area contributed by atoms with E-state index in [9.17, 15) is 30.3 Å². The molecule has 28 heavy (non-hydrogen) atoms. The van der Waals surface area contributed by atoms with Crippen LogP contribution in [0.25, 0.3) is 0 Å². The summed E-state index contributed by atoms with van der Waals surface area (Å²) in [5.74, 6) is -0.537. The molecular weight excluding hydrogens is 368 g/mol. The fraction of sp³-hybridized carbons (Fsp3) is 0.650. The van der Waals surface area contributed by atoms with Gasteiger partial charge in [0, 0.05) is 11.5 Å². The molecule has 8 nitrogen and oxygen atoms in total. The van der Waals surface area contributed by atoms with Gasteiger partial charge in [0.15, 0.2) is 12.1 Å². The van der Waals surface area contributed by atoms with Gasteiger partial charge in [-0.1, -0.05) is 13.0 Å². The summed E-state index contributed by atoms with van der Waals surface area (Å²) < 4.78 is 10.9. The first-order valence-electron chi connectivity index (χ1n) is 9.46. The molecule has 0 aromatic heterocycles. The molecule has 2 aliphatic rings. The topological polar surface area (TPSA) is 137 Å². The van der Waals surface area contributed by atoms with Crippen LogP contribution < -0.4 is 0 Å². The molecule has 0 amide bonds. The summed E-state index contributed by atoms with van der Waals surface area (Å²) in [6.07, 6.45) is -6.93. The van der Waals surface area contributed by atoms with Gasteiger partial charge in [0.25, 0.3) is 0 Å². The van der Waals surface area contributed by atoms with Crippen molar-refractivity contribution in [2.75, 3.05) is 13.2 Å². The van der Waals surface area contributed by atoms with E-state index < -0.39 is 49.3 Å². The molecule has 5 N–H and O–H groups in total. The van der Waals surface area contributed by atoms with Crippen molar-refractivity contribution in [3.63, 3.8) is 0 Å². The number of hydrogen-bond donors (Lipinski definition) is 5. The van der Waals surface area contributed by atoms with Crippen molar-refractivity contribution >= 4 is 5.78 Å². The van der Waals surface area contributed by atoms with E-state index in [1.165, 1.54) is 0 Å². The molecule has 1 heterocycles. The Balaban J connectivity index is 1.72. The largest absolute Gasteiger partial charge is 0.394 e. The molecular formula is C20H28O8. The van der Waals surface area contributed by atoms with Crippen molar-refractivity contribution in [1.29, 1.82) is 0 Å². The zero-order valence-electron chi connectivity index (χ0n) is 16.2. The Morgan fingerprint density at radius 2 is 1.79 bits per heavy atom. The van der Waals surface area contributed by atoms with Crippen LogP contribution in [0.15, 0.2) is 6.07 Å². The summed E-state index contributed by atoms with van der Waals surface area (Å²) >= 11 is 0. The number of ether oxygens (including phenoxy) is 2. The van der Waals surface area contributed by atoms with Gasteiger partial charge in [0.1, 0.15) is 24.4 Å². The molecule has 1 aliphatic carbocycles. The van der Waals surface area contributed by atoms with Gasteiger partial charge in [-0.2, -0.15) is 0 Å². The normalized spacial score (nSPS) is 35.3. The van der Waals surface area contributed by atoms with Gasteiger partial charge in [-0.15, -0.1) is 0 Å². The first-order valence-corrected chi connectivity index (χ1v) is 9.46. The van der Waals surface area contributed by atoms with Crippen LogP contribution in [0.3, 0.4) is 0 Å². The standard InChI is InChI=1S/C20H28O8/c1-8-6-12-14(16(23)10(3)15(12)22)9(2)11(8)4-5-27-20-19(26)18(25)17(24)13(7-21)28-20/h6,10,13,15,17-22,24-26H,4-5,7H2,1-3H3/t10?,13-,15?,17-,18+,19-,20-/m1/s1. The Bertz CT molecular complexity index is 746. The van der Waals surface area contributed by atoms with Crippen LogP contribution in [0.2, 0.25) is 0 Å². The van der Waals surface area contributed by atoms with Crippen LogP contribution in [0.4, 0.5) is 0 Å². The van der Waals surface area contributed by atoms with E-state index in [2.05, 4.69) is 0 Å². The maximum absolute atomic E-state index is 12.5. The number of benzene rings is 1. The third-order valence-corrected chi connectivity index (χ3v) is 5.90. The first kappa shape index (κ1) is 21.3. The van der Waals surface area contributed by atoms with E-state index in [1.807, 2.05) is 19.9 Å².